The normalized spacial score (nSPS) is 12.7. The highest BCUT2D eigenvalue weighted by Crippen LogP contribution is 2.33. The zero-order valence-electron chi connectivity index (χ0n) is 8.58. The van der Waals surface area contributed by atoms with Crippen LogP contribution in [0.25, 0.3) is 0 Å². The Morgan fingerprint density at radius 1 is 1.35 bits per heavy atom. The van der Waals surface area contributed by atoms with E-state index >= 15 is 0 Å². The Kier molecular flexibility index (Phi) is 4.17. The lowest BCUT2D eigenvalue weighted by Gasteiger charge is -2.16. The van der Waals surface area contributed by atoms with E-state index in [2.05, 4.69) is 21.4 Å². The molecule has 0 bridgehead atoms. The molecule has 0 fully saturated rings. The first kappa shape index (κ1) is 13.0. The molecule has 0 aliphatic rings. The van der Waals surface area contributed by atoms with Crippen LogP contribution >= 0.6 is 38.9 Å². The zero-order valence-corrected chi connectivity index (χ0v) is 11.7. The van der Waals surface area contributed by atoms with Gasteiger partial charge in [0.2, 0.25) is 0 Å². The SMILES string of the molecule is NNC(c1ccc(Cl)s1)c1cccc(Br)c1F. The van der Waals surface area contributed by atoms with Crippen molar-refractivity contribution in [2.75, 3.05) is 0 Å². The van der Waals surface area contributed by atoms with Gasteiger partial charge < -0.3 is 0 Å². The minimum Gasteiger partial charge on any atom is -0.271 e. The van der Waals surface area contributed by atoms with Crippen molar-refractivity contribution in [3.8, 4) is 0 Å². The Balaban J connectivity index is 2.45. The Hall–Kier alpha value is -0.460. The summed E-state index contributed by atoms with van der Waals surface area (Å²) < 4.78 is 15.0. The molecule has 17 heavy (non-hydrogen) atoms. The maximum absolute atomic E-state index is 14.0. The molecule has 2 aromatic rings. The fraction of sp³-hybridized carbons (Fsp3) is 0.0909. The van der Waals surface area contributed by atoms with Gasteiger partial charge in [-0.05, 0) is 34.1 Å². The van der Waals surface area contributed by atoms with Gasteiger partial charge in [-0.25, -0.2) is 9.82 Å². The molecule has 0 radical (unpaired) electrons. The second-order valence-electron chi connectivity index (χ2n) is 3.38. The maximum Gasteiger partial charge on any atom is 0.142 e. The summed E-state index contributed by atoms with van der Waals surface area (Å²) in [6.45, 7) is 0. The van der Waals surface area contributed by atoms with Gasteiger partial charge in [0.15, 0.2) is 0 Å². The Morgan fingerprint density at radius 2 is 2.12 bits per heavy atom. The molecular formula is C11H9BrClFN2S. The molecule has 0 aliphatic heterocycles. The number of thiophene rings is 1. The molecule has 1 atom stereocenters. The highest BCUT2D eigenvalue weighted by Gasteiger charge is 2.19. The summed E-state index contributed by atoms with van der Waals surface area (Å²) in [7, 11) is 0. The molecule has 1 aromatic heterocycles. The maximum atomic E-state index is 14.0. The number of hydrogen-bond acceptors (Lipinski definition) is 3. The van der Waals surface area contributed by atoms with Crippen LogP contribution in [-0.2, 0) is 0 Å². The fourth-order valence-electron chi connectivity index (χ4n) is 1.55. The van der Waals surface area contributed by atoms with E-state index in [1.54, 1.807) is 24.3 Å². The molecule has 6 heteroatoms. The monoisotopic (exact) mass is 334 g/mol. The molecule has 1 aromatic carbocycles. The van der Waals surface area contributed by atoms with E-state index < -0.39 is 6.04 Å². The molecule has 0 amide bonds. The second-order valence-corrected chi connectivity index (χ2v) is 5.99. The van der Waals surface area contributed by atoms with Crippen LogP contribution < -0.4 is 11.3 Å². The zero-order chi connectivity index (χ0) is 12.4. The Bertz CT molecular complexity index is 532. The lowest BCUT2D eigenvalue weighted by molar-refractivity contribution is 0.560. The van der Waals surface area contributed by atoms with E-state index in [0.717, 1.165) is 4.88 Å². The Morgan fingerprint density at radius 3 is 2.71 bits per heavy atom. The molecule has 1 heterocycles. The van der Waals surface area contributed by atoms with Crippen molar-refractivity contribution in [3.05, 3.63) is 55.4 Å². The third kappa shape index (κ3) is 2.69. The third-order valence-electron chi connectivity index (χ3n) is 2.34. The van der Waals surface area contributed by atoms with Gasteiger partial charge in [-0.2, -0.15) is 0 Å². The van der Waals surface area contributed by atoms with Crippen LogP contribution in [0.15, 0.2) is 34.8 Å². The lowest BCUT2D eigenvalue weighted by atomic mass is 10.1. The van der Waals surface area contributed by atoms with Crippen molar-refractivity contribution in [1.82, 2.24) is 5.43 Å². The fourth-order valence-corrected chi connectivity index (χ4v) is 3.07. The molecule has 3 N–H and O–H groups in total. The van der Waals surface area contributed by atoms with Crippen molar-refractivity contribution in [2.24, 2.45) is 5.84 Å². The largest absolute Gasteiger partial charge is 0.271 e. The highest BCUT2D eigenvalue weighted by molar-refractivity contribution is 9.10. The summed E-state index contributed by atoms with van der Waals surface area (Å²) in [4.78, 5) is 0.870. The van der Waals surface area contributed by atoms with E-state index in [1.165, 1.54) is 11.3 Å². The highest BCUT2D eigenvalue weighted by atomic mass is 79.9. The quantitative estimate of drug-likeness (QED) is 0.660. The van der Waals surface area contributed by atoms with Gasteiger partial charge in [0.25, 0.3) is 0 Å². The molecular weight excluding hydrogens is 327 g/mol. The van der Waals surface area contributed by atoms with Crippen molar-refractivity contribution in [1.29, 1.82) is 0 Å². The topological polar surface area (TPSA) is 38.0 Å². The summed E-state index contributed by atoms with van der Waals surface area (Å²) in [5.74, 6) is 5.18. The molecule has 0 spiro atoms. The first-order valence-corrected chi connectivity index (χ1v) is 6.77. The summed E-state index contributed by atoms with van der Waals surface area (Å²) in [5.41, 5.74) is 3.09. The lowest BCUT2D eigenvalue weighted by Crippen LogP contribution is -2.28. The summed E-state index contributed by atoms with van der Waals surface area (Å²) in [6, 6.07) is 8.30. The van der Waals surface area contributed by atoms with Crippen molar-refractivity contribution >= 4 is 38.9 Å². The number of hydrazine groups is 1. The first-order chi connectivity index (χ1) is 8.13. The van der Waals surface area contributed by atoms with E-state index in [9.17, 15) is 4.39 Å². The van der Waals surface area contributed by atoms with E-state index in [0.29, 0.717) is 14.4 Å². The van der Waals surface area contributed by atoms with Gasteiger partial charge in [0, 0.05) is 10.4 Å². The number of benzene rings is 1. The van der Waals surface area contributed by atoms with Crippen LogP contribution in [0.1, 0.15) is 16.5 Å². The first-order valence-electron chi connectivity index (χ1n) is 4.78. The molecule has 0 aliphatic carbocycles. The van der Waals surface area contributed by atoms with Crippen molar-refractivity contribution in [2.45, 2.75) is 6.04 Å². The Labute approximate surface area is 116 Å². The van der Waals surface area contributed by atoms with Crippen LogP contribution in [0, 0.1) is 5.82 Å². The molecule has 2 nitrogen and oxygen atoms in total. The van der Waals surface area contributed by atoms with E-state index in [1.807, 2.05) is 6.07 Å². The molecule has 2 rings (SSSR count). The average Bonchev–Trinajstić information content (AvgIpc) is 2.72. The average molecular weight is 336 g/mol. The minimum absolute atomic E-state index is 0.319. The van der Waals surface area contributed by atoms with Crippen LogP contribution in [0.5, 0.6) is 0 Å². The van der Waals surface area contributed by atoms with Gasteiger partial charge in [0.05, 0.1) is 14.9 Å². The third-order valence-corrected chi connectivity index (χ3v) is 4.25. The van der Waals surface area contributed by atoms with E-state index in [4.69, 9.17) is 17.4 Å². The van der Waals surface area contributed by atoms with Crippen LogP contribution in [0.2, 0.25) is 4.34 Å². The minimum atomic E-state index is -0.398. The molecule has 0 saturated carbocycles. The van der Waals surface area contributed by atoms with Gasteiger partial charge in [-0.3, -0.25) is 5.84 Å². The number of halogens is 3. The van der Waals surface area contributed by atoms with Gasteiger partial charge in [-0.15, -0.1) is 11.3 Å². The van der Waals surface area contributed by atoms with Crippen LogP contribution in [0.4, 0.5) is 4.39 Å². The summed E-state index contributed by atoms with van der Waals surface area (Å²) >= 11 is 10.4. The van der Waals surface area contributed by atoms with Gasteiger partial charge >= 0.3 is 0 Å². The number of nitrogens with two attached hydrogens (primary N) is 1. The number of hydrogen-bond donors (Lipinski definition) is 2. The smallest absolute Gasteiger partial charge is 0.142 e. The standard InChI is InChI=1S/C11H9BrClFN2S/c12-7-3-1-2-6(10(7)14)11(16-15)8-4-5-9(13)17-8/h1-5,11,16H,15H2. The van der Waals surface area contributed by atoms with Crippen LogP contribution in [0.3, 0.4) is 0 Å². The predicted octanol–water partition coefficient (Wildman–Crippen LogP) is 3.86. The number of nitrogens with one attached hydrogen (secondary N) is 1. The molecule has 0 saturated heterocycles. The van der Waals surface area contributed by atoms with Crippen molar-refractivity contribution in [3.63, 3.8) is 0 Å². The predicted molar refractivity (Wildman–Crippen MR) is 72.6 cm³/mol. The second kappa shape index (κ2) is 5.46. The van der Waals surface area contributed by atoms with Gasteiger partial charge in [-0.1, -0.05) is 23.7 Å². The molecule has 90 valence electrons. The molecule has 1 unspecified atom stereocenters. The summed E-state index contributed by atoms with van der Waals surface area (Å²) in [5, 5.41) is 0. The van der Waals surface area contributed by atoms with Crippen molar-refractivity contribution < 1.29 is 4.39 Å². The van der Waals surface area contributed by atoms with Crippen LogP contribution in [-0.4, -0.2) is 0 Å². The number of rotatable bonds is 3. The van der Waals surface area contributed by atoms with Gasteiger partial charge in [0.1, 0.15) is 5.82 Å². The van der Waals surface area contributed by atoms with E-state index in [-0.39, 0.29) is 5.82 Å². The summed E-state index contributed by atoms with van der Waals surface area (Å²) in [6.07, 6.45) is 0.